The zero-order chi connectivity index (χ0) is 15.2. The summed E-state index contributed by atoms with van der Waals surface area (Å²) in [5.41, 5.74) is 5.66. The van der Waals surface area contributed by atoms with Crippen molar-refractivity contribution in [3.63, 3.8) is 0 Å². The van der Waals surface area contributed by atoms with E-state index in [1.807, 2.05) is 0 Å². The van der Waals surface area contributed by atoms with Crippen LogP contribution in [0.4, 0.5) is 0 Å². The van der Waals surface area contributed by atoms with Crippen LogP contribution < -0.4 is 5.73 Å². The number of carbonyl (C=O) groups is 1. The molecule has 0 aliphatic carbocycles. The highest BCUT2D eigenvalue weighted by atomic mass is 16.2. The second-order valence-corrected chi connectivity index (χ2v) is 5.86. The van der Waals surface area contributed by atoms with Crippen LogP contribution >= 0.6 is 0 Å². The standard InChI is InChI=1S/C17H36N2O/c1-4-7-14-19(15-8-5-2)17(20)11-10-16(9-6-3)12-13-18/h16H,4-15,18H2,1-3H3. The molecule has 0 aliphatic heterocycles. The molecule has 0 aromatic heterocycles. The van der Waals surface area contributed by atoms with Crippen molar-refractivity contribution in [2.24, 2.45) is 11.7 Å². The highest BCUT2D eigenvalue weighted by Crippen LogP contribution is 2.18. The Bertz CT molecular complexity index is 217. The van der Waals surface area contributed by atoms with Gasteiger partial charge < -0.3 is 10.6 Å². The molecule has 3 heteroatoms. The molecule has 20 heavy (non-hydrogen) atoms. The van der Waals surface area contributed by atoms with E-state index in [0.29, 0.717) is 18.2 Å². The van der Waals surface area contributed by atoms with Crippen LogP contribution in [0.3, 0.4) is 0 Å². The molecule has 0 aromatic carbocycles. The third kappa shape index (κ3) is 9.35. The average molecular weight is 284 g/mol. The van der Waals surface area contributed by atoms with Crippen LogP contribution in [0.1, 0.15) is 78.6 Å². The fourth-order valence-electron chi connectivity index (χ4n) is 2.62. The van der Waals surface area contributed by atoms with E-state index in [1.54, 1.807) is 0 Å². The Morgan fingerprint density at radius 3 is 2.00 bits per heavy atom. The Labute approximate surface area is 126 Å². The van der Waals surface area contributed by atoms with Gasteiger partial charge in [0.1, 0.15) is 0 Å². The smallest absolute Gasteiger partial charge is 0.222 e. The Hall–Kier alpha value is -0.570. The molecule has 0 saturated carbocycles. The van der Waals surface area contributed by atoms with Crippen molar-refractivity contribution in [2.45, 2.75) is 78.6 Å². The second kappa shape index (κ2) is 13.4. The lowest BCUT2D eigenvalue weighted by Crippen LogP contribution is -2.33. The number of hydrogen-bond donors (Lipinski definition) is 1. The summed E-state index contributed by atoms with van der Waals surface area (Å²) in [5.74, 6) is 0.984. The van der Waals surface area contributed by atoms with Gasteiger partial charge >= 0.3 is 0 Å². The molecule has 0 saturated heterocycles. The van der Waals surface area contributed by atoms with E-state index >= 15 is 0 Å². The van der Waals surface area contributed by atoms with Crippen LogP contribution in [-0.4, -0.2) is 30.4 Å². The highest BCUT2D eigenvalue weighted by Gasteiger charge is 2.15. The first-order valence-corrected chi connectivity index (χ1v) is 8.67. The number of hydrogen-bond acceptors (Lipinski definition) is 2. The van der Waals surface area contributed by atoms with Gasteiger partial charge in [0.2, 0.25) is 5.91 Å². The number of rotatable bonds is 13. The fourth-order valence-corrected chi connectivity index (χ4v) is 2.62. The molecule has 0 radical (unpaired) electrons. The summed E-state index contributed by atoms with van der Waals surface area (Å²) in [4.78, 5) is 14.4. The normalized spacial score (nSPS) is 12.4. The Balaban J connectivity index is 4.19. The van der Waals surface area contributed by atoms with Gasteiger partial charge in [-0.05, 0) is 38.1 Å². The van der Waals surface area contributed by atoms with Crippen molar-refractivity contribution in [2.75, 3.05) is 19.6 Å². The van der Waals surface area contributed by atoms with E-state index in [4.69, 9.17) is 5.73 Å². The van der Waals surface area contributed by atoms with Gasteiger partial charge in [-0.15, -0.1) is 0 Å². The summed E-state index contributed by atoms with van der Waals surface area (Å²) < 4.78 is 0. The molecule has 120 valence electrons. The highest BCUT2D eigenvalue weighted by molar-refractivity contribution is 5.76. The molecule has 0 rings (SSSR count). The third-order valence-electron chi connectivity index (χ3n) is 3.95. The topological polar surface area (TPSA) is 46.3 Å². The number of amides is 1. The molecular weight excluding hydrogens is 248 g/mol. The summed E-state index contributed by atoms with van der Waals surface area (Å²) in [7, 11) is 0. The maximum absolute atomic E-state index is 12.4. The van der Waals surface area contributed by atoms with E-state index in [0.717, 1.165) is 58.2 Å². The first-order chi connectivity index (χ1) is 9.69. The van der Waals surface area contributed by atoms with E-state index in [9.17, 15) is 4.79 Å². The molecule has 1 unspecified atom stereocenters. The van der Waals surface area contributed by atoms with Crippen LogP contribution in [0, 0.1) is 5.92 Å². The maximum atomic E-state index is 12.4. The molecule has 0 spiro atoms. The lowest BCUT2D eigenvalue weighted by atomic mass is 9.94. The Kier molecular flexibility index (Phi) is 13.0. The molecule has 0 aliphatic rings. The molecule has 0 heterocycles. The molecular formula is C17H36N2O. The minimum absolute atomic E-state index is 0.352. The van der Waals surface area contributed by atoms with Gasteiger partial charge in [0.15, 0.2) is 0 Å². The Morgan fingerprint density at radius 1 is 0.950 bits per heavy atom. The first-order valence-electron chi connectivity index (χ1n) is 8.67. The largest absolute Gasteiger partial charge is 0.343 e. The first kappa shape index (κ1) is 19.4. The van der Waals surface area contributed by atoms with Crippen LogP contribution in [0.2, 0.25) is 0 Å². The van der Waals surface area contributed by atoms with Crippen molar-refractivity contribution in [1.82, 2.24) is 4.90 Å². The van der Waals surface area contributed by atoms with Gasteiger partial charge in [-0.3, -0.25) is 4.79 Å². The zero-order valence-corrected chi connectivity index (χ0v) is 14.0. The number of nitrogens with zero attached hydrogens (tertiary/aromatic N) is 1. The summed E-state index contributed by atoms with van der Waals surface area (Å²) >= 11 is 0. The van der Waals surface area contributed by atoms with Crippen molar-refractivity contribution in [3.05, 3.63) is 0 Å². The number of nitrogens with two attached hydrogens (primary N) is 1. The molecule has 1 amide bonds. The van der Waals surface area contributed by atoms with Gasteiger partial charge in [-0.25, -0.2) is 0 Å². The minimum Gasteiger partial charge on any atom is -0.343 e. The second-order valence-electron chi connectivity index (χ2n) is 5.86. The molecule has 0 fully saturated rings. The number of carbonyl (C=O) groups excluding carboxylic acids is 1. The van der Waals surface area contributed by atoms with Gasteiger partial charge in [-0.2, -0.15) is 0 Å². The summed E-state index contributed by atoms with van der Waals surface area (Å²) in [6.45, 7) is 9.19. The minimum atomic E-state index is 0.352. The molecule has 0 bridgehead atoms. The van der Waals surface area contributed by atoms with Crippen molar-refractivity contribution in [1.29, 1.82) is 0 Å². The summed E-state index contributed by atoms with van der Waals surface area (Å²) in [5, 5.41) is 0. The lowest BCUT2D eigenvalue weighted by molar-refractivity contribution is -0.131. The monoisotopic (exact) mass is 284 g/mol. The van der Waals surface area contributed by atoms with E-state index < -0.39 is 0 Å². The zero-order valence-electron chi connectivity index (χ0n) is 14.0. The fraction of sp³-hybridized carbons (Fsp3) is 0.941. The van der Waals surface area contributed by atoms with Crippen LogP contribution in [0.15, 0.2) is 0 Å². The van der Waals surface area contributed by atoms with Gasteiger partial charge in [0, 0.05) is 19.5 Å². The van der Waals surface area contributed by atoms with Crippen molar-refractivity contribution < 1.29 is 4.79 Å². The summed E-state index contributed by atoms with van der Waals surface area (Å²) in [6.07, 6.45) is 9.72. The van der Waals surface area contributed by atoms with Crippen molar-refractivity contribution >= 4 is 5.91 Å². The third-order valence-corrected chi connectivity index (χ3v) is 3.95. The molecule has 0 aromatic rings. The van der Waals surface area contributed by atoms with E-state index in [-0.39, 0.29) is 0 Å². The summed E-state index contributed by atoms with van der Waals surface area (Å²) in [6, 6.07) is 0. The molecule has 2 N–H and O–H groups in total. The predicted octanol–water partition coefficient (Wildman–Crippen LogP) is 3.96. The van der Waals surface area contributed by atoms with Gasteiger partial charge in [0.25, 0.3) is 0 Å². The molecule has 3 nitrogen and oxygen atoms in total. The van der Waals surface area contributed by atoms with E-state index in [1.165, 1.54) is 12.8 Å². The quantitative estimate of drug-likeness (QED) is 0.556. The lowest BCUT2D eigenvalue weighted by Gasteiger charge is -2.24. The average Bonchev–Trinajstić information content (AvgIpc) is 2.45. The molecule has 1 atom stereocenters. The Morgan fingerprint density at radius 2 is 1.55 bits per heavy atom. The number of unbranched alkanes of at least 4 members (excludes halogenated alkanes) is 2. The van der Waals surface area contributed by atoms with Gasteiger partial charge in [0.05, 0.1) is 0 Å². The van der Waals surface area contributed by atoms with Crippen LogP contribution in [0.25, 0.3) is 0 Å². The van der Waals surface area contributed by atoms with Crippen LogP contribution in [-0.2, 0) is 4.79 Å². The maximum Gasteiger partial charge on any atom is 0.222 e. The van der Waals surface area contributed by atoms with Crippen molar-refractivity contribution in [3.8, 4) is 0 Å². The van der Waals surface area contributed by atoms with Crippen LogP contribution in [0.5, 0.6) is 0 Å². The predicted molar refractivity (Wildman–Crippen MR) is 87.7 cm³/mol. The van der Waals surface area contributed by atoms with E-state index in [2.05, 4.69) is 25.7 Å². The van der Waals surface area contributed by atoms with Gasteiger partial charge in [-0.1, -0.05) is 46.5 Å². The SMILES string of the molecule is CCCCN(CCCC)C(=O)CCC(CCC)CCN.